The highest BCUT2D eigenvalue weighted by Crippen LogP contribution is 2.38. The van der Waals surface area contributed by atoms with Gasteiger partial charge in [-0.1, -0.05) is 71.6 Å². The van der Waals surface area contributed by atoms with Gasteiger partial charge < -0.3 is 10.6 Å². The Kier molecular flexibility index (Phi) is 7.70. The van der Waals surface area contributed by atoms with E-state index < -0.39 is 23.2 Å². The number of amides is 2. The fraction of sp³-hybridized carbons (Fsp3) is 0.136. The quantitative estimate of drug-likeness (QED) is 0.333. The first kappa shape index (κ1) is 23.6. The molecule has 32 heavy (non-hydrogen) atoms. The van der Waals surface area contributed by atoms with Crippen LogP contribution >= 0.6 is 23.1 Å². The number of hydrogen-bond acceptors (Lipinski definition) is 5. The minimum absolute atomic E-state index is 0.0971. The molecule has 0 spiro atoms. The van der Waals surface area contributed by atoms with E-state index in [1.54, 1.807) is 30.3 Å². The van der Waals surface area contributed by atoms with E-state index in [0.717, 1.165) is 23.5 Å². The summed E-state index contributed by atoms with van der Waals surface area (Å²) in [5.74, 6) is -1.00. The number of nitrogens with zero attached hydrogens (tertiary/aromatic N) is 1. The topological polar surface area (TPSA) is 71.1 Å². The maximum atomic E-state index is 13.3. The molecule has 0 bridgehead atoms. The summed E-state index contributed by atoms with van der Waals surface area (Å²) in [5.41, 5.74) is -0.393. The van der Waals surface area contributed by atoms with Crippen LogP contribution in [0.25, 0.3) is 11.3 Å². The van der Waals surface area contributed by atoms with E-state index in [2.05, 4.69) is 22.2 Å². The van der Waals surface area contributed by atoms with E-state index in [1.165, 1.54) is 23.9 Å². The van der Waals surface area contributed by atoms with Gasteiger partial charge in [0.2, 0.25) is 5.91 Å². The number of halogens is 3. The molecular weight excluding hydrogens is 459 g/mol. The Morgan fingerprint density at radius 2 is 1.78 bits per heavy atom. The van der Waals surface area contributed by atoms with E-state index in [-0.39, 0.29) is 11.7 Å². The Morgan fingerprint density at radius 3 is 2.47 bits per heavy atom. The molecule has 3 rings (SSSR count). The van der Waals surface area contributed by atoms with Crippen LogP contribution < -0.4 is 10.6 Å². The van der Waals surface area contributed by atoms with Gasteiger partial charge in [-0.25, -0.2) is 4.98 Å². The minimum Gasteiger partial charge on any atom is -0.352 e. The number of thiazole rings is 1. The zero-order valence-electron chi connectivity index (χ0n) is 16.6. The lowest BCUT2D eigenvalue weighted by Gasteiger charge is -2.12. The third kappa shape index (κ3) is 5.98. The van der Waals surface area contributed by atoms with Crippen molar-refractivity contribution in [2.24, 2.45) is 0 Å². The first-order valence-corrected chi connectivity index (χ1v) is 11.1. The van der Waals surface area contributed by atoms with Crippen LogP contribution in [-0.2, 0) is 11.0 Å². The van der Waals surface area contributed by atoms with Crippen molar-refractivity contribution < 1.29 is 22.8 Å². The summed E-state index contributed by atoms with van der Waals surface area (Å²) < 4.78 is 40.5. The highest BCUT2D eigenvalue weighted by atomic mass is 32.2. The zero-order chi connectivity index (χ0) is 23.1. The summed E-state index contributed by atoms with van der Waals surface area (Å²) in [7, 11) is 0. The largest absolute Gasteiger partial charge is 0.417 e. The highest BCUT2D eigenvalue weighted by molar-refractivity contribution is 8.01. The lowest BCUT2D eigenvalue weighted by atomic mass is 10.1. The first-order valence-electron chi connectivity index (χ1n) is 9.34. The second-order valence-corrected chi connectivity index (χ2v) is 8.62. The highest BCUT2D eigenvalue weighted by Gasteiger charge is 2.35. The van der Waals surface area contributed by atoms with Crippen molar-refractivity contribution in [2.75, 3.05) is 17.6 Å². The van der Waals surface area contributed by atoms with Crippen molar-refractivity contribution in [2.45, 2.75) is 10.5 Å². The number of rotatable bonds is 8. The fourth-order valence-electron chi connectivity index (χ4n) is 2.70. The summed E-state index contributed by atoms with van der Waals surface area (Å²) >= 11 is 2.26. The van der Waals surface area contributed by atoms with Crippen LogP contribution in [0.4, 0.5) is 18.2 Å². The van der Waals surface area contributed by atoms with Gasteiger partial charge >= 0.3 is 6.18 Å². The molecule has 0 atom stereocenters. The molecule has 0 aliphatic carbocycles. The van der Waals surface area contributed by atoms with Crippen molar-refractivity contribution in [1.82, 2.24) is 10.3 Å². The second-order valence-electron chi connectivity index (χ2n) is 6.40. The van der Waals surface area contributed by atoms with Crippen molar-refractivity contribution >= 4 is 39.9 Å². The molecule has 10 heteroatoms. The molecule has 2 amide bonds. The molecule has 0 fully saturated rings. The van der Waals surface area contributed by atoms with Gasteiger partial charge in [0.05, 0.1) is 16.9 Å². The van der Waals surface area contributed by atoms with E-state index in [1.807, 2.05) is 6.07 Å². The van der Waals surface area contributed by atoms with Gasteiger partial charge in [-0.3, -0.25) is 9.59 Å². The number of thioether (sulfide) groups is 1. The molecule has 166 valence electrons. The molecule has 2 aromatic carbocycles. The van der Waals surface area contributed by atoms with Gasteiger partial charge in [0, 0.05) is 12.1 Å². The van der Waals surface area contributed by atoms with E-state index >= 15 is 0 Å². The molecule has 0 aliphatic rings. The van der Waals surface area contributed by atoms with E-state index in [0.29, 0.717) is 27.1 Å². The average Bonchev–Trinajstić information content (AvgIpc) is 3.18. The Labute approximate surface area is 190 Å². The summed E-state index contributed by atoms with van der Waals surface area (Å²) in [5, 5.41) is 5.52. The van der Waals surface area contributed by atoms with Gasteiger partial charge in [-0.05, 0) is 12.1 Å². The van der Waals surface area contributed by atoms with Crippen LogP contribution in [0, 0.1) is 0 Å². The molecule has 0 saturated heterocycles. The number of carbonyl (C=O) groups is 2. The van der Waals surface area contributed by atoms with Crippen molar-refractivity contribution in [3.05, 3.63) is 78.4 Å². The lowest BCUT2D eigenvalue weighted by molar-refractivity contribution is -0.137. The molecule has 5 nitrogen and oxygen atoms in total. The standard InChI is InChI=1S/C22H18F3N3O2S2/c1-2-12-26-17(29)13-31-21-27-18(14-8-4-3-5-9-14)20(32-21)28-19(30)15-10-6-7-11-16(15)22(23,24)25/h2-11H,1,12-13H2,(H,26,29)(H,28,30). The van der Waals surface area contributed by atoms with Crippen LogP contribution in [0.1, 0.15) is 15.9 Å². The van der Waals surface area contributed by atoms with Gasteiger partial charge in [-0.15, -0.1) is 6.58 Å². The number of hydrogen-bond donors (Lipinski definition) is 2. The van der Waals surface area contributed by atoms with Crippen LogP contribution in [0.5, 0.6) is 0 Å². The normalized spacial score (nSPS) is 11.1. The van der Waals surface area contributed by atoms with Crippen molar-refractivity contribution in [1.29, 1.82) is 0 Å². The van der Waals surface area contributed by atoms with E-state index in [4.69, 9.17) is 0 Å². The number of alkyl halides is 3. The van der Waals surface area contributed by atoms with Crippen LogP contribution in [-0.4, -0.2) is 29.1 Å². The lowest BCUT2D eigenvalue weighted by Crippen LogP contribution is -2.24. The van der Waals surface area contributed by atoms with Crippen LogP contribution in [0.3, 0.4) is 0 Å². The number of nitrogens with one attached hydrogen (secondary N) is 2. The number of carbonyl (C=O) groups excluding carboxylic acids is 2. The Morgan fingerprint density at radius 1 is 1.09 bits per heavy atom. The van der Waals surface area contributed by atoms with Crippen LogP contribution in [0.15, 0.2) is 71.6 Å². The molecule has 1 heterocycles. The maximum Gasteiger partial charge on any atom is 0.417 e. The molecule has 3 aromatic rings. The molecule has 1 aromatic heterocycles. The molecular formula is C22H18F3N3O2S2. The molecule has 0 aliphatic heterocycles. The average molecular weight is 478 g/mol. The number of benzene rings is 2. The van der Waals surface area contributed by atoms with Crippen molar-refractivity contribution in [3.63, 3.8) is 0 Å². The summed E-state index contributed by atoms with van der Waals surface area (Å²) in [6.45, 7) is 3.87. The van der Waals surface area contributed by atoms with Crippen LogP contribution in [0.2, 0.25) is 0 Å². The Bertz CT molecular complexity index is 1120. The zero-order valence-corrected chi connectivity index (χ0v) is 18.2. The smallest absolute Gasteiger partial charge is 0.352 e. The van der Waals surface area contributed by atoms with Gasteiger partial charge in [0.1, 0.15) is 10.7 Å². The predicted molar refractivity (Wildman–Crippen MR) is 121 cm³/mol. The summed E-state index contributed by atoms with van der Waals surface area (Å²) in [6.07, 6.45) is -3.10. The third-order valence-electron chi connectivity index (χ3n) is 4.13. The minimum atomic E-state index is -4.66. The number of anilines is 1. The Balaban J connectivity index is 1.88. The molecule has 0 unspecified atom stereocenters. The third-order valence-corrected chi connectivity index (χ3v) is 6.24. The summed E-state index contributed by atoms with van der Waals surface area (Å²) in [6, 6.07) is 13.5. The van der Waals surface area contributed by atoms with Gasteiger partial charge in [0.15, 0.2) is 4.34 Å². The maximum absolute atomic E-state index is 13.3. The second kappa shape index (κ2) is 10.5. The molecule has 0 radical (unpaired) electrons. The van der Waals surface area contributed by atoms with Gasteiger partial charge in [-0.2, -0.15) is 13.2 Å². The fourth-order valence-corrected chi connectivity index (χ4v) is 4.59. The van der Waals surface area contributed by atoms with Gasteiger partial charge in [0.25, 0.3) is 5.91 Å². The SMILES string of the molecule is C=CCNC(=O)CSc1nc(-c2ccccc2)c(NC(=O)c2ccccc2C(F)(F)F)s1. The van der Waals surface area contributed by atoms with E-state index in [9.17, 15) is 22.8 Å². The van der Waals surface area contributed by atoms with Crippen molar-refractivity contribution in [3.8, 4) is 11.3 Å². The molecule has 2 N–H and O–H groups in total. The predicted octanol–water partition coefficient (Wildman–Crippen LogP) is 5.48. The Hall–Kier alpha value is -3.11. The summed E-state index contributed by atoms with van der Waals surface area (Å²) in [4.78, 5) is 29.1. The first-order chi connectivity index (χ1) is 15.3. The molecule has 0 saturated carbocycles. The number of aromatic nitrogens is 1. The monoisotopic (exact) mass is 477 g/mol.